The van der Waals surface area contributed by atoms with Crippen LogP contribution in [-0.2, 0) is 16.1 Å². The van der Waals surface area contributed by atoms with Crippen molar-refractivity contribution < 1.29 is 9.59 Å². The zero-order chi connectivity index (χ0) is 20.4. The third kappa shape index (κ3) is 3.36. The number of likely N-dealkylation sites (N-methyl/N-ethyl adjacent to an activating group) is 1. The number of aromatic nitrogens is 1. The van der Waals surface area contributed by atoms with Gasteiger partial charge in [0.15, 0.2) is 0 Å². The number of amides is 2. The number of benzene rings is 1. The first kappa shape index (κ1) is 19.9. The van der Waals surface area contributed by atoms with Crippen LogP contribution in [0.5, 0.6) is 0 Å². The number of hydrogen-bond donors (Lipinski definition) is 1. The molecule has 7 nitrogen and oxygen atoms in total. The summed E-state index contributed by atoms with van der Waals surface area (Å²) in [6.07, 6.45) is 0.482. The summed E-state index contributed by atoms with van der Waals surface area (Å²) in [6, 6.07) is 9.09. The minimum atomic E-state index is -0.514. The van der Waals surface area contributed by atoms with E-state index in [-0.39, 0.29) is 24.4 Å². The Morgan fingerprint density at radius 3 is 2.61 bits per heavy atom. The van der Waals surface area contributed by atoms with Crippen LogP contribution >= 0.6 is 0 Å². The Kier molecular flexibility index (Phi) is 5.71. The zero-order valence-electron chi connectivity index (χ0n) is 16.7. The van der Waals surface area contributed by atoms with Gasteiger partial charge in [-0.05, 0) is 33.3 Å². The van der Waals surface area contributed by atoms with E-state index in [1.165, 1.54) is 0 Å². The van der Waals surface area contributed by atoms with Gasteiger partial charge in [-0.3, -0.25) is 9.59 Å². The average Bonchev–Trinajstić information content (AvgIpc) is 3.21. The number of nitrogens with zero attached hydrogens (tertiary/aromatic N) is 4. The van der Waals surface area contributed by atoms with Crippen LogP contribution in [0.4, 0.5) is 0 Å². The number of para-hydroxylation sites is 1. The Morgan fingerprint density at radius 1 is 1.29 bits per heavy atom. The van der Waals surface area contributed by atoms with Gasteiger partial charge in [0, 0.05) is 36.8 Å². The van der Waals surface area contributed by atoms with Crippen molar-refractivity contribution in [3.63, 3.8) is 0 Å². The fraction of sp³-hybridized carbons (Fsp3) is 0.476. The highest BCUT2D eigenvalue weighted by molar-refractivity contribution is 5.91. The van der Waals surface area contributed by atoms with E-state index in [1.807, 2.05) is 49.6 Å². The molecule has 2 heterocycles. The number of carbonyl (C=O) groups excluding carboxylic acids is 2. The van der Waals surface area contributed by atoms with Gasteiger partial charge in [0.1, 0.15) is 18.7 Å². The molecule has 0 aliphatic carbocycles. The lowest BCUT2D eigenvalue weighted by atomic mass is 10.1. The van der Waals surface area contributed by atoms with Crippen molar-refractivity contribution >= 4 is 22.7 Å². The minimum absolute atomic E-state index is 0.0434. The molecule has 0 unspecified atom stereocenters. The lowest BCUT2D eigenvalue weighted by Gasteiger charge is -2.29. The Bertz CT molecular complexity index is 938. The van der Waals surface area contributed by atoms with Crippen molar-refractivity contribution in [3.05, 3.63) is 35.5 Å². The van der Waals surface area contributed by atoms with E-state index in [0.717, 1.165) is 16.6 Å². The molecule has 1 aromatic heterocycles. The maximum absolute atomic E-state index is 13.2. The standard InChI is InChI=1S/C21H27N5O2/c1-4-24(5-2)21(28)19-10-15(23)12-26(19)20(27)13-25-14(3)17(11-22)16-8-6-7-9-18(16)25/h6-9,15,19H,4-5,10,12-13,23H2,1-3H3/t15-,19-/m0/s1. The lowest BCUT2D eigenvalue weighted by Crippen LogP contribution is -2.48. The second kappa shape index (κ2) is 8.03. The first-order valence-corrected chi connectivity index (χ1v) is 9.74. The maximum atomic E-state index is 13.2. The summed E-state index contributed by atoms with van der Waals surface area (Å²) in [6.45, 7) is 7.39. The molecule has 1 aliphatic rings. The number of nitriles is 1. The third-order valence-corrected chi connectivity index (χ3v) is 5.65. The van der Waals surface area contributed by atoms with Gasteiger partial charge in [-0.15, -0.1) is 0 Å². The van der Waals surface area contributed by atoms with Crippen LogP contribution in [0.15, 0.2) is 24.3 Å². The monoisotopic (exact) mass is 381 g/mol. The lowest BCUT2D eigenvalue weighted by molar-refractivity contribution is -0.143. The van der Waals surface area contributed by atoms with Crippen LogP contribution in [0.25, 0.3) is 10.9 Å². The molecular formula is C21H27N5O2. The van der Waals surface area contributed by atoms with Crippen molar-refractivity contribution in [2.45, 2.75) is 45.8 Å². The Balaban J connectivity index is 1.90. The molecule has 3 rings (SSSR count). The van der Waals surface area contributed by atoms with Gasteiger partial charge in [-0.1, -0.05) is 18.2 Å². The van der Waals surface area contributed by atoms with Crippen LogP contribution in [0.3, 0.4) is 0 Å². The van der Waals surface area contributed by atoms with Crippen LogP contribution < -0.4 is 5.73 Å². The smallest absolute Gasteiger partial charge is 0.245 e. The van der Waals surface area contributed by atoms with Gasteiger partial charge in [0.2, 0.25) is 11.8 Å². The van der Waals surface area contributed by atoms with Gasteiger partial charge in [-0.25, -0.2) is 0 Å². The maximum Gasteiger partial charge on any atom is 0.245 e. The third-order valence-electron chi connectivity index (χ3n) is 5.65. The van der Waals surface area contributed by atoms with Crippen LogP contribution in [0.1, 0.15) is 31.5 Å². The average molecular weight is 381 g/mol. The van der Waals surface area contributed by atoms with Crippen molar-refractivity contribution in [3.8, 4) is 6.07 Å². The van der Waals surface area contributed by atoms with Crippen LogP contribution in [0, 0.1) is 18.3 Å². The fourth-order valence-corrected chi connectivity index (χ4v) is 4.13. The van der Waals surface area contributed by atoms with Gasteiger partial charge >= 0.3 is 0 Å². The summed E-state index contributed by atoms with van der Waals surface area (Å²) < 4.78 is 1.86. The fourth-order valence-electron chi connectivity index (χ4n) is 4.13. The molecule has 0 radical (unpaired) electrons. The van der Waals surface area contributed by atoms with E-state index in [1.54, 1.807) is 9.80 Å². The van der Waals surface area contributed by atoms with Gasteiger partial charge in [0.25, 0.3) is 0 Å². The molecule has 148 valence electrons. The topological polar surface area (TPSA) is 95.4 Å². The number of fused-ring (bicyclic) bond motifs is 1. The molecular weight excluding hydrogens is 354 g/mol. The summed E-state index contributed by atoms with van der Waals surface area (Å²) in [5, 5.41) is 10.4. The molecule has 1 saturated heterocycles. The molecule has 0 saturated carbocycles. The second-order valence-corrected chi connectivity index (χ2v) is 7.24. The Labute approximate surface area is 165 Å². The molecule has 2 amide bonds. The summed E-state index contributed by atoms with van der Waals surface area (Å²) in [5.74, 6) is -0.190. The molecule has 1 fully saturated rings. The summed E-state index contributed by atoms with van der Waals surface area (Å²) in [5.41, 5.74) is 8.28. The second-order valence-electron chi connectivity index (χ2n) is 7.24. The van der Waals surface area contributed by atoms with E-state index < -0.39 is 6.04 Å². The predicted molar refractivity (Wildman–Crippen MR) is 107 cm³/mol. The first-order valence-electron chi connectivity index (χ1n) is 9.74. The number of rotatable bonds is 5. The summed E-state index contributed by atoms with van der Waals surface area (Å²) in [4.78, 5) is 29.4. The van der Waals surface area contributed by atoms with Gasteiger partial charge < -0.3 is 20.1 Å². The number of nitrogens with two attached hydrogens (primary N) is 1. The number of likely N-dealkylation sites (tertiary alicyclic amines) is 1. The largest absolute Gasteiger partial charge is 0.341 e. The molecule has 28 heavy (non-hydrogen) atoms. The molecule has 1 aliphatic heterocycles. The molecule has 0 bridgehead atoms. The first-order chi connectivity index (χ1) is 13.4. The van der Waals surface area contributed by atoms with E-state index >= 15 is 0 Å². The highest BCUT2D eigenvalue weighted by atomic mass is 16.2. The SMILES string of the molecule is CCN(CC)C(=O)[C@@H]1C[C@H](N)CN1C(=O)Cn1c(C)c(C#N)c2ccccc21. The summed E-state index contributed by atoms with van der Waals surface area (Å²) in [7, 11) is 0. The van der Waals surface area contributed by atoms with E-state index in [9.17, 15) is 14.9 Å². The molecule has 2 atom stereocenters. The molecule has 2 aromatic rings. The van der Waals surface area contributed by atoms with Crippen molar-refractivity contribution in [1.82, 2.24) is 14.4 Å². The van der Waals surface area contributed by atoms with Crippen molar-refractivity contribution in [2.75, 3.05) is 19.6 Å². The molecule has 7 heteroatoms. The predicted octanol–water partition coefficient (Wildman–Crippen LogP) is 1.62. The Morgan fingerprint density at radius 2 is 1.96 bits per heavy atom. The molecule has 2 N–H and O–H groups in total. The number of carbonyl (C=O) groups is 2. The van der Waals surface area contributed by atoms with Crippen molar-refractivity contribution in [1.29, 1.82) is 5.26 Å². The zero-order valence-corrected chi connectivity index (χ0v) is 16.7. The van der Waals surface area contributed by atoms with Gasteiger partial charge in [0.05, 0.1) is 11.1 Å². The van der Waals surface area contributed by atoms with Crippen LogP contribution in [-0.4, -0.2) is 57.9 Å². The molecule has 0 spiro atoms. The minimum Gasteiger partial charge on any atom is -0.341 e. The van der Waals surface area contributed by atoms with E-state index in [4.69, 9.17) is 5.73 Å². The van der Waals surface area contributed by atoms with E-state index in [2.05, 4.69) is 6.07 Å². The highest BCUT2D eigenvalue weighted by Crippen LogP contribution is 2.26. The normalized spacial score (nSPS) is 19.0. The van der Waals surface area contributed by atoms with Crippen LogP contribution in [0.2, 0.25) is 0 Å². The van der Waals surface area contributed by atoms with Crippen molar-refractivity contribution in [2.24, 2.45) is 5.73 Å². The highest BCUT2D eigenvalue weighted by Gasteiger charge is 2.39. The van der Waals surface area contributed by atoms with Gasteiger partial charge in [-0.2, -0.15) is 5.26 Å². The summed E-state index contributed by atoms with van der Waals surface area (Å²) >= 11 is 0. The van der Waals surface area contributed by atoms with E-state index in [0.29, 0.717) is 31.6 Å². The quantitative estimate of drug-likeness (QED) is 0.851. The Hall–Kier alpha value is -2.85. The molecule has 1 aromatic carbocycles. The number of hydrogen-bond acceptors (Lipinski definition) is 4.